The second-order valence-electron chi connectivity index (χ2n) is 2.78. The third-order valence-corrected chi connectivity index (χ3v) is 3.61. The first kappa shape index (κ1) is 7.95. The predicted molar refractivity (Wildman–Crippen MR) is 58.2 cm³/mol. The Morgan fingerprint density at radius 1 is 1.42 bits per heavy atom. The van der Waals surface area contributed by atoms with Crippen LogP contribution in [0.25, 0.3) is 10.1 Å². The maximum absolute atomic E-state index is 5.78. The molecule has 0 aliphatic rings. The summed E-state index contributed by atoms with van der Waals surface area (Å²) in [5.74, 6) is 0. The first-order valence-corrected chi connectivity index (χ1v) is 4.98. The minimum Gasteiger partial charge on any atom is -0.398 e. The van der Waals surface area contributed by atoms with Gasteiger partial charge in [0.1, 0.15) is 0 Å². The highest BCUT2D eigenvalue weighted by atomic mass is 32.1. The Balaban J connectivity index is 2.93. The van der Waals surface area contributed by atoms with Crippen LogP contribution in [0.1, 0.15) is 5.56 Å². The summed E-state index contributed by atoms with van der Waals surface area (Å²) >= 11 is 6.03. The molecule has 2 N–H and O–H groups in total. The first-order chi connectivity index (χ1) is 5.70. The van der Waals surface area contributed by atoms with Crippen LogP contribution in [0.3, 0.4) is 0 Å². The standard InChI is InChI=1S/C9H9NS2/c1-5-8(11)3-2-6-7(10)4-12-9(5)6/h2-4,11H,10H2,1H3. The summed E-state index contributed by atoms with van der Waals surface area (Å²) in [5.41, 5.74) is 7.87. The monoisotopic (exact) mass is 195 g/mol. The highest BCUT2D eigenvalue weighted by Gasteiger charge is 2.04. The lowest BCUT2D eigenvalue weighted by Gasteiger charge is -1.99. The largest absolute Gasteiger partial charge is 0.398 e. The van der Waals surface area contributed by atoms with Gasteiger partial charge in [-0.3, -0.25) is 0 Å². The van der Waals surface area contributed by atoms with E-state index in [0.29, 0.717) is 0 Å². The predicted octanol–water partition coefficient (Wildman–Crippen LogP) is 3.08. The lowest BCUT2D eigenvalue weighted by Crippen LogP contribution is -1.81. The number of nitrogens with two attached hydrogens (primary N) is 1. The molecule has 12 heavy (non-hydrogen) atoms. The molecule has 1 nitrogen and oxygen atoms in total. The maximum atomic E-state index is 5.78. The van der Waals surface area contributed by atoms with Crippen molar-refractivity contribution in [1.29, 1.82) is 0 Å². The molecule has 3 heteroatoms. The molecular weight excluding hydrogens is 186 g/mol. The molecule has 0 saturated carbocycles. The smallest absolute Gasteiger partial charge is 0.0502 e. The van der Waals surface area contributed by atoms with E-state index >= 15 is 0 Å². The molecule has 0 aliphatic carbocycles. The minimum atomic E-state index is 0.867. The first-order valence-electron chi connectivity index (χ1n) is 3.65. The summed E-state index contributed by atoms with van der Waals surface area (Å²) in [6.45, 7) is 2.07. The molecule has 0 bridgehead atoms. The summed E-state index contributed by atoms with van der Waals surface area (Å²) in [5, 5.41) is 3.13. The summed E-state index contributed by atoms with van der Waals surface area (Å²) in [6.07, 6.45) is 0. The van der Waals surface area contributed by atoms with Crippen molar-refractivity contribution in [3.8, 4) is 0 Å². The van der Waals surface area contributed by atoms with Gasteiger partial charge in [0.15, 0.2) is 0 Å². The van der Waals surface area contributed by atoms with Crippen LogP contribution in [0, 0.1) is 6.92 Å². The van der Waals surface area contributed by atoms with Crippen molar-refractivity contribution in [2.75, 3.05) is 5.73 Å². The van der Waals surface area contributed by atoms with Crippen LogP contribution >= 0.6 is 24.0 Å². The molecule has 0 unspecified atom stereocenters. The van der Waals surface area contributed by atoms with Gasteiger partial charge in [-0.25, -0.2) is 0 Å². The van der Waals surface area contributed by atoms with Crippen molar-refractivity contribution >= 4 is 39.7 Å². The quantitative estimate of drug-likeness (QED) is 0.621. The minimum absolute atomic E-state index is 0.867. The van der Waals surface area contributed by atoms with Crippen molar-refractivity contribution in [3.05, 3.63) is 23.1 Å². The molecule has 0 aliphatic heterocycles. The normalized spacial score (nSPS) is 10.8. The van der Waals surface area contributed by atoms with E-state index in [-0.39, 0.29) is 0 Å². The molecule has 0 spiro atoms. The molecule has 62 valence electrons. The molecule has 1 aromatic carbocycles. The third-order valence-electron chi connectivity index (χ3n) is 1.99. The Morgan fingerprint density at radius 3 is 2.92 bits per heavy atom. The number of benzene rings is 1. The van der Waals surface area contributed by atoms with Crippen molar-refractivity contribution in [3.63, 3.8) is 0 Å². The van der Waals surface area contributed by atoms with Gasteiger partial charge in [0.05, 0.1) is 5.69 Å². The number of hydrogen-bond acceptors (Lipinski definition) is 3. The van der Waals surface area contributed by atoms with Gasteiger partial charge in [-0.2, -0.15) is 0 Å². The Hall–Kier alpha value is -0.670. The number of thiol groups is 1. The number of thiophene rings is 1. The zero-order chi connectivity index (χ0) is 8.72. The Labute approximate surface area is 80.6 Å². The Morgan fingerprint density at radius 2 is 2.17 bits per heavy atom. The molecule has 2 rings (SSSR count). The molecule has 1 heterocycles. The number of nitrogen functional groups attached to an aromatic ring is 1. The van der Waals surface area contributed by atoms with Gasteiger partial charge >= 0.3 is 0 Å². The summed E-state index contributed by atoms with van der Waals surface area (Å²) in [4.78, 5) is 1.03. The molecule has 1 aromatic heterocycles. The van der Waals surface area contributed by atoms with Gasteiger partial charge in [-0.1, -0.05) is 6.07 Å². The van der Waals surface area contributed by atoms with Crippen molar-refractivity contribution in [2.24, 2.45) is 0 Å². The van der Waals surface area contributed by atoms with Gasteiger partial charge in [-0.15, -0.1) is 24.0 Å². The van der Waals surface area contributed by atoms with Crippen LogP contribution in [0.2, 0.25) is 0 Å². The maximum Gasteiger partial charge on any atom is 0.0502 e. The van der Waals surface area contributed by atoms with Crippen molar-refractivity contribution < 1.29 is 0 Å². The van der Waals surface area contributed by atoms with Crippen LogP contribution in [0.5, 0.6) is 0 Å². The fraction of sp³-hybridized carbons (Fsp3) is 0.111. The lowest BCUT2D eigenvalue weighted by molar-refractivity contribution is 1.37. The second kappa shape index (κ2) is 2.68. The number of hydrogen-bond donors (Lipinski definition) is 2. The zero-order valence-corrected chi connectivity index (χ0v) is 8.38. The molecule has 2 aromatic rings. The molecule has 0 fully saturated rings. The number of aryl methyl sites for hydroxylation is 1. The van der Waals surface area contributed by atoms with Gasteiger partial charge in [0.2, 0.25) is 0 Å². The SMILES string of the molecule is Cc1c(S)ccc2c(N)csc12. The summed E-state index contributed by atoms with van der Waals surface area (Å²) in [6, 6.07) is 4.01. The van der Waals surface area contributed by atoms with E-state index in [9.17, 15) is 0 Å². The van der Waals surface area contributed by atoms with E-state index in [4.69, 9.17) is 5.73 Å². The molecule has 0 amide bonds. The van der Waals surface area contributed by atoms with Crippen LogP contribution in [-0.4, -0.2) is 0 Å². The molecule has 0 atom stereocenters. The Bertz CT molecular complexity index is 431. The fourth-order valence-electron chi connectivity index (χ4n) is 1.25. The van der Waals surface area contributed by atoms with E-state index in [0.717, 1.165) is 16.0 Å². The second-order valence-corrected chi connectivity index (χ2v) is 4.14. The topological polar surface area (TPSA) is 26.0 Å². The van der Waals surface area contributed by atoms with E-state index in [1.807, 2.05) is 17.5 Å². The highest BCUT2D eigenvalue weighted by Crippen LogP contribution is 2.33. The van der Waals surface area contributed by atoms with Gasteiger partial charge < -0.3 is 5.73 Å². The van der Waals surface area contributed by atoms with Gasteiger partial charge in [0.25, 0.3) is 0 Å². The van der Waals surface area contributed by atoms with Gasteiger partial charge in [0, 0.05) is 20.4 Å². The van der Waals surface area contributed by atoms with Crippen LogP contribution in [-0.2, 0) is 0 Å². The average Bonchev–Trinajstić information content (AvgIpc) is 2.41. The van der Waals surface area contributed by atoms with E-state index < -0.39 is 0 Å². The van der Waals surface area contributed by atoms with Crippen molar-refractivity contribution in [2.45, 2.75) is 11.8 Å². The van der Waals surface area contributed by atoms with Crippen molar-refractivity contribution in [1.82, 2.24) is 0 Å². The zero-order valence-electron chi connectivity index (χ0n) is 6.66. The van der Waals surface area contributed by atoms with Crippen LogP contribution in [0.15, 0.2) is 22.4 Å². The fourth-order valence-corrected chi connectivity index (χ4v) is 2.48. The number of rotatable bonds is 0. The number of fused-ring (bicyclic) bond motifs is 1. The van der Waals surface area contributed by atoms with E-state index in [1.54, 1.807) is 11.3 Å². The molecule has 0 saturated heterocycles. The van der Waals surface area contributed by atoms with Crippen LogP contribution < -0.4 is 5.73 Å². The number of anilines is 1. The summed E-state index contributed by atoms with van der Waals surface area (Å²) in [7, 11) is 0. The van der Waals surface area contributed by atoms with E-state index in [2.05, 4.69) is 19.6 Å². The Kier molecular flexibility index (Phi) is 1.77. The summed E-state index contributed by atoms with van der Waals surface area (Å²) < 4.78 is 1.25. The van der Waals surface area contributed by atoms with E-state index in [1.165, 1.54) is 10.3 Å². The highest BCUT2D eigenvalue weighted by molar-refractivity contribution is 7.80. The average molecular weight is 195 g/mol. The molecular formula is C9H9NS2. The molecule has 0 radical (unpaired) electrons. The van der Waals surface area contributed by atoms with Gasteiger partial charge in [-0.05, 0) is 18.6 Å². The van der Waals surface area contributed by atoms with Crippen LogP contribution in [0.4, 0.5) is 5.69 Å². The third kappa shape index (κ3) is 1.01. The lowest BCUT2D eigenvalue weighted by atomic mass is 10.2.